The first-order valence-corrected chi connectivity index (χ1v) is 10.7. The van der Waals surface area contributed by atoms with Crippen LogP contribution in [0.3, 0.4) is 0 Å². The highest BCUT2D eigenvalue weighted by atomic mass is 32.2. The Bertz CT molecular complexity index is 1320. The van der Waals surface area contributed by atoms with Gasteiger partial charge < -0.3 is 0 Å². The third-order valence-electron chi connectivity index (χ3n) is 3.94. The molecule has 0 atom stereocenters. The first kappa shape index (κ1) is 19.0. The van der Waals surface area contributed by atoms with Crippen LogP contribution in [0.25, 0.3) is 22.3 Å². The summed E-state index contributed by atoms with van der Waals surface area (Å²) in [4.78, 5) is 20.2. The zero-order valence-electron chi connectivity index (χ0n) is 14.7. The van der Waals surface area contributed by atoms with E-state index < -0.39 is 26.8 Å². The molecule has 0 aliphatic carbocycles. The molecule has 0 saturated carbocycles. The van der Waals surface area contributed by atoms with Gasteiger partial charge >= 0.3 is 6.03 Å². The number of hydrogen-bond acceptors (Lipinski definition) is 6. The molecule has 0 radical (unpaired) electrons. The van der Waals surface area contributed by atoms with E-state index in [1.165, 1.54) is 12.1 Å². The van der Waals surface area contributed by atoms with Gasteiger partial charge in [-0.05, 0) is 24.3 Å². The van der Waals surface area contributed by atoms with Crippen LogP contribution in [0.4, 0.5) is 14.3 Å². The Balaban J connectivity index is 1.50. The Hall–Kier alpha value is -3.37. The number of thiazole rings is 1. The van der Waals surface area contributed by atoms with Crippen LogP contribution in [0.15, 0.2) is 70.9 Å². The van der Waals surface area contributed by atoms with Crippen LogP contribution < -0.4 is 10.0 Å². The number of carbonyl (C=O) groups is 1. The lowest BCUT2D eigenvalue weighted by molar-refractivity contribution is 0.256. The summed E-state index contributed by atoms with van der Waals surface area (Å²) in [5, 5.41) is 5.20. The fourth-order valence-corrected chi connectivity index (χ4v) is 4.31. The fraction of sp³-hybridized carbons (Fsp3) is 0. The van der Waals surface area contributed by atoms with Crippen LogP contribution in [0, 0.1) is 5.82 Å². The third-order valence-corrected chi connectivity index (χ3v) is 6.06. The Kier molecular flexibility index (Phi) is 4.95. The van der Waals surface area contributed by atoms with Crippen LogP contribution >= 0.6 is 11.3 Å². The van der Waals surface area contributed by atoms with Crippen LogP contribution in [0.2, 0.25) is 0 Å². The Morgan fingerprint density at radius 1 is 0.931 bits per heavy atom. The average molecular weight is 428 g/mol. The molecule has 0 saturated heterocycles. The molecule has 2 N–H and O–H groups in total. The van der Waals surface area contributed by atoms with Crippen LogP contribution in [-0.2, 0) is 10.0 Å². The molecule has 0 spiro atoms. The predicted octanol–water partition coefficient (Wildman–Crippen LogP) is 4.01. The van der Waals surface area contributed by atoms with E-state index in [1.54, 1.807) is 10.1 Å². The molecule has 4 aromatic rings. The minimum absolute atomic E-state index is 0.177. The third kappa shape index (κ3) is 4.08. The monoisotopic (exact) mass is 428 g/mol. The number of aromatic nitrogens is 2. The van der Waals surface area contributed by atoms with Crippen LogP contribution in [0.1, 0.15) is 0 Å². The molecule has 2 heterocycles. The number of carbonyl (C=O) groups excluding carboxylic acids is 1. The molecule has 10 heteroatoms. The van der Waals surface area contributed by atoms with Gasteiger partial charge in [0.25, 0.3) is 10.0 Å². The number of nitrogens with one attached hydrogen (secondary N) is 2. The Labute approximate surface area is 169 Å². The van der Waals surface area contributed by atoms with Crippen LogP contribution in [-0.4, -0.2) is 24.4 Å². The molecule has 7 nitrogen and oxygen atoms in total. The number of nitrogens with zero attached hydrogens (tertiary/aromatic N) is 2. The maximum Gasteiger partial charge on any atom is 0.334 e. The molecule has 4 rings (SSSR count). The van der Waals surface area contributed by atoms with Crippen molar-refractivity contribution in [1.82, 2.24) is 14.7 Å². The number of amides is 2. The number of benzene rings is 2. The SMILES string of the molecule is O=C(Nc1nc(-c2ccc3ccccc3n2)cs1)NS(=O)(=O)c1ccccc1F. The van der Waals surface area contributed by atoms with Crippen LogP contribution in [0.5, 0.6) is 0 Å². The van der Waals surface area contributed by atoms with E-state index in [-0.39, 0.29) is 5.13 Å². The predicted molar refractivity (Wildman–Crippen MR) is 109 cm³/mol. The summed E-state index contributed by atoms with van der Waals surface area (Å²) in [6.07, 6.45) is 0. The zero-order chi connectivity index (χ0) is 20.4. The first-order valence-electron chi connectivity index (χ1n) is 8.32. The van der Waals surface area contributed by atoms with Crippen molar-refractivity contribution >= 4 is 43.4 Å². The normalized spacial score (nSPS) is 11.3. The summed E-state index contributed by atoms with van der Waals surface area (Å²) in [5.41, 5.74) is 1.96. The summed E-state index contributed by atoms with van der Waals surface area (Å²) in [5.74, 6) is -0.952. The van der Waals surface area contributed by atoms with Gasteiger partial charge in [-0.25, -0.2) is 32.3 Å². The van der Waals surface area contributed by atoms with Crippen molar-refractivity contribution in [3.05, 3.63) is 71.9 Å². The molecule has 2 aromatic carbocycles. The molecule has 29 heavy (non-hydrogen) atoms. The second-order valence-corrected chi connectivity index (χ2v) is 8.43. The number of anilines is 1. The van der Waals surface area contributed by atoms with E-state index in [1.807, 2.05) is 36.4 Å². The fourth-order valence-electron chi connectivity index (χ4n) is 2.62. The lowest BCUT2D eigenvalue weighted by Gasteiger charge is -2.07. The smallest absolute Gasteiger partial charge is 0.283 e. The van der Waals surface area contributed by atoms with Gasteiger partial charge in [0.1, 0.15) is 16.4 Å². The first-order chi connectivity index (χ1) is 13.9. The highest BCUT2D eigenvalue weighted by Gasteiger charge is 2.21. The summed E-state index contributed by atoms with van der Waals surface area (Å²) < 4.78 is 39.8. The lowest BCUT2D eigenvalue weighted by atomic mass is 10.2. The second-order valence-electron chi connectivity index (χ2n) is 5.92. The van der Waals surface area contributed by atoms with Crippen molar-refractivity contribution in [2.24, 2.45) is 0 Å². The molecule has 2 aromatic heterocycles. The van der Waals surface area contributed by atoms with Gasteiger partial charge in [-0.2, -0.15) is 0 Å². The topological polar surface area (TPSA) is 101 Å². The van der Waals surface area contributed by atoms with Crippen molar-refractivity contribution in [2.45, 2.75) is 4.90 Å². The van der Waals surface area contributed by atoms with Gasteiger partial charge in [-0.1, -0.05) is 36.4 Å². The van der Waals surface area contributed by atoms with E-state index in [9.17, 15) is 17.6 Å². The summed E-state index contributed by atoms with van der Waals surface area (Å²) in [6, 6.07) is 15.1. The number of pyridine rings is 1. The number of rotatable bonds is 4. The summed E-state index contributed by atoms with van der Waals surface area (Å²) in [7, 11) is -4.35. The quantitative estimate of drug-likeness (QED) is 0.512. The summed E-state index contributed by atoms with van der Waals surface area (Å²) in [6.45, 7) is 0. The van der Waals surface area contributed by atoms with Crippen molar-refractivity contribution in [3.8, 4) is 11.4 Å². The number of sulfonamides is 1. The molecule has 0 unspecified atom stereocenters. The van der Waals surface area contributed by atoms with Crippen molar-refractivity contribution in [3.63, 3.8) is 0 Å². The van der Waals surface area contributed by atoms with E-state index >= 15 is 0 Å². The highest BCUT2D eigenvalue weighted by molar-refractivity contribution is 7.90. The van der Waals surface area contributed by atoms with E-state index in [2.05, 4.69) is 15.3 Å². The standard InChI is InChI=1S/C19H13FN4O3S2/c20-13-6-2-4-8-17(13)29(26,27)24-18(25)23-19-22-16(11-28-19)15-10-9-12-5-1-3-7-14(12)21-15/h1-11H,(H2,22,23,24,25). The number of urea groups is 1. The second kappa shape index (κ2) is 7.57. The van der Waals surface area contributed by atoms with Crippen molar-refractivity contribution in [1.29, 1.82) is 0 Å². The maximum atomic E-state index is 13.7. The Morgan fingerprint density at radius 2 is 1.69 bits per heavy atom. The van der Waals surface area contributed by atoms with Gasteiger partial charge in [0.05, 0.1) is 11.2 Å². The minimum atomic E-state index is -4.35. The van der Waals surface area contributed by atoms with Crippen molar-refractivity contribution < 1.29 is 17.6 Å². The molecular weight excluding hydrogens is 415 g/mol. The molecular formula is C19H13FN4O3S2. The van der Waals surface area contributed by atoms with E-state index in [4.69, 9.17) is 0 Å². The molecule has 0 fully saturated rings. The molecule has 0 aliphatic rings. The van der Waals surface area contributed by atoms with Gasteiger partial charge in [0.15, 0.2) is 5.13 Å². The minimum Gasteiger partial charge on any atom is -0.283 e. The highest BCUT2D eigenvalue weighted by Crippen LogP contribution is 2.25. The molecule has 0 bridgehead atoms. The van der Waals surface area contributed by atoms with E-state index in [0.717, 1.165) is 34.4 Å². The maximum absolute atomic E-state index is 13.7. The Morgan fingerprint density at radius 3 is 2.52 bits per heavy atom. The number of para-hydroxylation sites is 1. The zero-order valence-corrected chi connectivity index (χ0v) is 16.3. The number of hydrogen-bond donors (Lipinski definition) is 2. The number of halogens is 1. The number of fused-ring (bicyclic) bond motifs is 1. The summed E-state index contributed by atoms with van der Waals surface area (Å²) >= 11 is 1.11. The largest absolute Gasteiger partial charge is 0.334 e. The van der Waals surface area contributed by atoms with Gasteiger partial charge in [-0.3, -0.25) is 5.32 Å². The van der Waals surface area contributed by atoms with E-state index in [0.29, 0.717) is 11.4 Å². The molecule has 0 aliphatic heterocycles. The van der Waals surface area contributed by atoms with Crippen molar-refractivity contribution in [2.75, 3.05) is 5.32 Å². The van der Waals surface area contributed by atoms with Gasteiger partial charge in [-0.15, -0.1) is 11.3 Å². The van der Waals surface area contributed by atoms with Gasteiger partial charge in [0.2, 0.25) is 0 Å². The molecule has 2 amide bonds. The van der Waals surface area contributed by atoms with Gasteiger partial charge in [0, 0.05) is 10.8 Å². The molecule has 146 valence electrons. The lowest BCUT2D eigenvalue weighted by Crippen LogP contribution is -2.34. The average Bonchev–Trinajstić information content (AvgIpc) is 3.15.